The van der Waals surface area contributed by atoms with E-state index in [2.05, 4.69) is 15.5 Å². The Labute approximate surface area is 118 Å². The molecule has 20 heavy (non-hydrogen) atoms. The van der Waals surface area contributed by atoms with Crippen molar-refractivity contribution >= 4 is 17.5 Å². The molecule has 2 aromatic rings. The van der Waals surface area contributed by atoms with Crippen LogP contribution in [-0.4, -0.2) is 32.0 Å². The average molecular weight is 304 g/mol. The molecule has 0 saturated carbocycles. The predicted molar refractivity (Wildman–Crippen MR) is 67.7 cm³/mol. The molecule has 0 aromatic carbocycles. The van der Waals surface area contributed by atoms with Gasteiger partial charge in [-0.2, -0.15) is 19.0 Å². The van der Waals surface area contributed by atoms with E-state index in [1.807, 2.05) is 0 Å². The zero-order valence-electron chi connectivity index (χ0n) is 10.3. The third-order valence-electron chi connectivity index (χ3n) is 2.49. The molecule has 0 bridgehead atoms. The minimum atomic E-state index is -2.75. The van der Waals surface area contributed by atoms with Gasteiger partial charge >= 0.3 is 6.55 Å². The zero-order chi connectivity index (χ0) is 14.5. The maximum Gasteiger partial charge on any atom is 0.333 e. The first-order chi connectivity index (χ1) is 9.56. The highest BCUT2D eigenvalue weighted by molar-refractivity contribution is 6.30. The Hall–Kier alpha value is -1.96. The largest absolute Gasteiger partial charge is 0.351 e. The molecule has 0 fully saturated rings. The first-order valence-corrected chi connectivity index (χ1v) is 6.23. The number of amides is 1. The van der Waals surface area contributed by atoms with Crippen LogP contribution >= 0.6 is 11.6 Å². The summed E-state index contributed by atoms with van der Waals surface area (Å²) in [6.45, 7) is -1.77. The van der Waals surface area contributed by atoms with Crippen molar-refractivity contribution in [3.63, 3.8) is 0 Å². The number of rotatable bonds is 6. The van der Waals surface area contributed by atoms with Crippen molar-refractivity contribution < 1.29 is 13.6 Å². The molecule has 0 spiro atoms. The number of aryl methyl sites for hydroxylation is 1. The van der Waals surface area contributed by atoms with E-state index in [-0.39, 0.29) is 5.69 Å². The Bertz CT molecular complexity index is 583. The lowest BCUT2D eigenvalue weighted by Gasteiger charge is -2.03. The summed E-state index contributed by atoms with van der Waals surface area (Å²) >= 11 is 5.71. The second-order valence-electron chi connectivity index (χ2n) is 3.99. The summed E-state index contributed by atoms with van der Waals surface area (Å²) in [6.07, 6.45) is 4.90. The molecule has 2 rings (SSSR count). The molecule has 0 saturated heterocycles. The van der Waals surface area contributed by atoms with Crippen LogP contribution in [-0.2, 0) is 6.54 Å². The van der Waals surface area contributed by atoms with Gasteiger partial charge in [-0.3, -0.25) is 9.48 Å². The molecular weight excluding hydrogens is 292 g/mol. The molecule has 1 amide bonds. The second-order valence-corrected chi connectivity index (χ2v) is 4.43. The van der Waals surface area contributed by atoms with Gasteiger partial charge in [0.1, 0.15) is 5.69 Å². The van der Waals surface area contributed by atoms with Gasteiger partial charge in [-0.05, 0) is 12.5 Å². The number of hydrogen-bond acceptors (Lipinski definition) is 3. The van der Waals surface area contributed by atoms with E-state index >= 15 is 0 Å². The molecule has 2 aromatic heterocycles. The van der Waals surface area contributed by atoms with Gasteiger partial charge in [0, 0.05) is 25.5 Å². The fraction of sp³-hybridized carbons (Fsp3) is 0.364. The summed E-state index contributed by atoms with van der Waals surface area (Å²) in [5.41, 5.74) is -0.0348. The van der Waals surface area contributed by atoms with Crippen LogP contribution in [0.5, 0.6) is 0 Å². The molecular formula is C11H12ClF2N5O. The van der Waals surface area contributed by atoms with Crippen LogP contribution < -0.4 is 5.32 Å². The fourth-order valence-electron chi connectivity index (χ4n) is 1.56. The molecule has 9 heteroatoms. The lowest BCUT2D eigenvalue weighted by molar-refractivity contribution is 0.0560. The highest BCUT2D eigenvalue weighted by Gasteiger charge is 2.12. The van der Waals surface area contributed by atoms with Crippen molar-refractivity contribution in [3.8, 4) is 0 Å². The van der Waals surface area contributed by atoms with Crippen molar-refractivity contribution in [1.29, 1.82) is 0 Å². The van der Waals surface area contributed by atoms with E-state index in [1.165, 1.54) is 12.3 Å². The van der Waals surface area contributed by atoms with Crippen molar-refractivity contribution in [2.24, 2.45) is 0 Å². The Morgan fingerprint density at radius 1 is 1.50 bits per heavy atom. The maximum absolute atomic E-state index is 12.3. The van der Waals surface area contributed by atoms with E-state index < -0.39 is 12.5 Å². The van der Waals surface area contributed by atoms with E-state index in [4.69, 9.17) is 11.6 Å². The number of alkyl halides is 2. The van der Waals surface area contributed by atoms with Gasteiger partial charge in [-0.15, -0.1) is 0 Å². The number of nitrogens with one attached hydrogen (secondary N) is 1. The molecule has 0 aliphatic rings. The van der Waals surface area contributed by atoms with Crippen molar-refractivity contribution in [3.05, 3.63) is 35.4 Å². The molecule has 0 atom stereocenters. The maximum atomic E-state index is 12.3. The molecule has 0 radical (unpaired) electrons. The summed E-state index contributed by atoms with van der Waals surface area (Å²) in [7, 11) is 0. The first-order valence-electron chi connectivity index (χ1n) is 5.86. The quantitative estimate of drug-likeness (QED) is 0.830. The highest BCUT2D eigenvalue weighted by atomic mass is 35.5. The van der Waals surface area contributed by atoms with E-state index in [9.17, 15) is 13.6 Å². The van der Waals surface area contributed by atoms with Crippen LogP contribution in [0.4, 0.5) is 8.78 Å². The zero-order valence-corrected chi connectivity index (χ0v) is 11.1. The number of hydrogen-bond donors (Lipinski definition) is 1. The number of carbonyl (C=O) groups is 1. The molecule has 108 valence electrons. The lowest BCUT2D eigenvalue weighted by atomic mass is 10.3. The van der Waals surface area contributed by atoms with Crippen LogP contribution in [0.25, 0.3) is 0 Å². The van der Waals surface area contributed by atoms with Gasteiger partial charge in [0.05, 0.1) is 11.2 Å². The van der Waals surface area contributed by atoms with Crippen LogP contribution in [0.3, 0.4) is 0 Å². The Morgan fingerprint density at radius 2 is 2.30 bits per heavy atom. The monoisotopic (exact) mass is 303 g/mol. The topological polar surface area (TPSA) is 64.7 Å². The van der Waals surface area contributed by atoms with Gasteiger partial charge in [0.25, 0.3) is 5.91 Å². The van der Waals surface area contributed by atoms with Crippen molar-refractivity contribution in [2.75, 3.05) is 6.54 Å². The normalized spacial score (nSPS) is 11.0. The number of aromatic nitrogens is 4. The third kappa shape index (κ3) is 3.77. The summed E-state index contributed by atoms with van der Waals surface area (Å²) in [5, 5.41) is 10.6. The Balaban J connectivity index is 1.74. The van der Waals surface area contributed by atoms with Crippen LogP contribution in [0, 0.1) is 0 Å². The predicted octanol–water partition coefficient (Wildman–Crippen LogP) is 1.95. The van der Waals surface area contributed by atoms with Crippen LogP contribution in [0.1, 0.15) is 23.5 Å². The SMILES string of the molecule is O=C(NCCCn1cc(Cl)cn1)c1ccn(C(F)F)n1. The van der Waals surface area contributed by atoms with Gasteiger partial charge in [0.15, 0.2) is 0 Å². The Morgan fingerprint density at radius 3 is 2.90 bits per heavy atom. The lowest BCUT2D eigenvalue weighted by Crippen LogP contribution is -2.26. The molecule has 6 nitrogen and oxygen atoms in total. The molecule has 0 aliphatic carbocycles. The summed E-state index contributed by atoms with van der Waals surface area (Å²) in [4.78, 5) is 11.6. The van der Waals surface area contributed by atoms with Crippen LogP contribution in [0.2, 0.25) is 5.02 Å². The average Bonchev–Trinajstić information content (AvgIpc) is 3.03. The highest BCUT2D eigenvalue weighted by Crippen LogP contribution is 2.08. The second kappa shape index (κ2) is 6.47. The smallest absolute Gasteiger partial charge is 0.333 e. The Kier molecular flexibility index (Phi) is 4.67. The fourth-order valence-corrected chi connectivity index (χ4v) is 1.72. The molecule has 0 unspecified atom stereocenters. The summed E-state index contributed by atoms with van der Waals surface area (Å²) in [5.74, 6) is -0.483. The standard InChI is InChI=1S/C11H12ClF2N5O/c12-8-6-16-18(7-8)4-1-3-15-10(20)9-2-5-19(17-9)11(13)14/h2,5-7,11H,1,3-4H2,(H,15,20). The van der Waals surface area contributed by atoms with E-state index in [0.29, 0.717) is 29.2 Å². The number of nitrogens with zero attached hydrogens (tertiary/aromatic N) is 4. The van der Waals surface area contributed by atoms with Gasteiger partial charge in [-0.25, -0.2) is 4.68 Å². The van der Waals surface area contributed by atoms with Crippen LogP contribution in [0.15, 0.2) is 24.7 Å². The van der Waals surface area contributed by atoms with Gasteiger partial charge in [0.2, 0.25) is 0 Å². The van der Waals surface area contributed by atoms with Crippen molar-refractivity contribution in [2.45, 2.75) is 19.5 Å². The van der Waals surface area contributed by atoms with Gasteiger partial charge in [-0.1, -0.05) is 11.6 Å². The number of carbonyl (C=O) groups excluding carboxylic acids is 1. The molecule has 0 aliphatic heterocycles. The van der Waals surface area contributed by atoms with Gasteiger partial charge < -0.3 is 5.32 Å². The molecule has 2 heterocycles. The van der Waals surface area contributed by atoms with E-state index in [0.717, 1.165) is 6.20 Å². The first kappa shape index (κ1) is 14.4. The number of halogens is 3. The van der Waals surface area contributed by atoms with E-state index in [1.54, 1.807) is 10.9 Å². The minimum Gasteiger partial charge on any atom is -0.351 e. The molecule has 1 N–H and O–H groups in total. The minimum absolute atomic E-state index is 0.0348. The summed E-state index contributed by atoms with van der Waals surface area (Å²) < 4.78 is 26.7. The third-order valence-corrected chi connectivity index (χ3v) is 2.69. The summed E-state index contributed by atoms with van der Waals surface area (Å²) in [6, 6.07) is 1.24. The van der Waals surface area contributed by atoms with Crippen molar-refractivity contribution in [1.82, 2.24) is 24.9 Å².